The summed E-state index contributed by atoms with van der Waals surface area (Å²) in [6, 6.07) is 0.823. The molecule has 2 amide bonds. The van der Waals surface area contributed by atoms with E-state index in [-0.39, 0.29) is 34.5 Å². The van der Waals surface area contributed by atoms with Gasteiger partial charge in [0.1, 0.15) is 35.4 Å². The van der Waals surface area contributed by atoms with E-state index >= 15 is 0 Å². The van der Waals surface area contributed by atoms with Gasteiger partial charge in [-0.25, -0.2) is 19.6 Å². The van der Waals surface area contributed by atoms with Crippen molar-refractivity contribution in [2.24, 2.45) is 5.16 Å². The monoisotopic (exact) mass is 622 g/mol. The third-order valence-corrected chi connectivity index (χ3v) is 10.0. The van der Waals surface area contributed by atoms with E-state index in [1.165, 1.54) is 56.8 Å². The molecule has 2 aliphatic heterocycles. The van der Waals surface area contributed by atoms with Crippen molar-refractivity contribution in [1.29, 1.82) is 0 Å². The molecule has 5 heterocycles. The molecule has 0 aromatic carbocycles. The molecule has 5 rings (SSSR count). The highest BCUT2D eigenvalue weighted by atomic mass is 32.2. The maximum absolute atomic E-state index is 13.0. The highest BCUT2D eigenvalue weighted by molar-refractivity contribution is 8.02. The zero-order valence-corrected chi connectivity index (χ0v) is 23.7. The number of amides is 2. The van der Waals surface area contributed by atoms with Crippen molar-refractivity contribution in [2.75, 3.05) is 24.3 Å². The van der Waals surface area contributed by atoms with Gasteiger partial charge >= 0.3 is 11.9 Å². The Labute approximate surface area is 241 Å². The van der Waals surface area contributed by atoms with E-state index in [0.29, 0.717) is 21.2 Å². The fraction of sp³-hybridized carbons (Fsp3) is 0.273. The zero-order valence-electron chi connectivity index (χ0n) is 20.5. The van der Waals surface area contributed by atoms with Crippen LogP contribution >= 0.6 is 46.2 Å². The first-order valence-corrected chi connectivity index (χ1v) is 15.1. The molecule has 0 bridgehead atoms. The molecule has 208 valence electrons. The van der Waals surface area contributed by atoms with Crippen LogP contribution < -0.4 is 15.6 Å². The van der Waals surface area contributed by atoms with Crippen LogP contribution in [0, 0.1) is 0 Å². The number of aromatic nitrogens is 3. The number of thioether (sulfide) groups is 2. The van der Waals surface area contributed by atoms with E-state index in [1.54, 1.807) is 18.5 Å². The fourth-order valence-corrected chi connectivity index (χ4v) is 8.13. The lowest BCUT2D eigenvalue weighted by atomic mass is 10.0. The number of hydrogen-bond donors (Lipinski definition) is 4. The minimum absolute atomic E-state index is 0.106. The first-order valence-electron chi connectivity index (χ1n) is 11.3. The predicted molar refractivity (Wildman–Crippen MR) is 148 cm³/mol. The van der Waals surface area contributed by atoms with Gasteiger partial charge in [0.05, 0.1) is 4.70 Å². The van der Waals surface area contributed by atoms with Crippen LogP contribution in [-0.2, 0) is 30.6 Å². The lowest BCUT2D eigenvalue weighted by molar-refractivity contribution is -0.684. The predicted octanol–water partition coefficient (Wildman–Crippen LogP) is 0.589. The molecule has 0 radical (unpaired) electrons. The van der Waals surface area contributed by atoms with Gasteiger partial charge in [0, 0.05) is 23.0 Å². The topological polar surface area (TPSA) is 201 Å². The molecule has 1 fully saturated rings. The summed E-state index contributed by atoms with van der Waals surface area (Å²) in [5, 5.41) is 26.4. The number of nitrogens with zero attached hydrogens (tertiary/aromatic N) is 5. The lowest BCUT2D eigenvalue weighted by Gasteiger charge is -2.49. The number of anilines is 1. The maximum atomic E-state index is 13.0. The number of rotatable bonds is 10. The largest absolute Gasteiger partial charge is 0.477 e. The summed E-state index contributed by atoms with van der Waals surface area (Å²) in [4.78, 5) is 63.7. The van der Waals surface area contributed by atoms with Gasteiger partial charge in [0.2, 0.25) is 6.54 Å². The molecule has 2 aliphatic rings. The van der Waals surface area contributed by atoms with Crippen LogP contribution in [0.1, 0.15) is 5.69 Å². The number of hydrogen-bond acceptors (Lipinski definition) is 13. The Kier molecular flexibility index (Phi) is 7.92. The van der Waals surface area contributed by atoms with E-state index < -0.39 is 35.2 Å². The smallest absolute Gasteiger partial charge is 0.370 e. The van der Waals surface area contributed by atoms with Gasteiger partial charge < -0.3 is 26.1 Å². The van der Waals surface area contributed by atoms with Crippen molar-refractivity contribution < 1.29 is 38.8 Å². The van der Waals surface area contributed by atoms with Crippen LogP contribution in [0.15, 0.2) is 44.6 Å². The number of carboxylic acids is 2. The number of carbonyl (C=O) groups is 4. The van der Waals surface area contributed by atoms with Gasteiger partial charge in [0.25, 0.3) is 11.8 Å². The Balaban J connectivity index is 1.29. The summed E-state index contributed by atoms with van der Waals surface area (Å²) in [6.45, 7) is -0.186. The van der Waals surface area contributed by atoms with Crippen LogP contribution in [0.25, 0.3) is 10.2 Å². The fourth-order valence-electron chi connectivity index (χ4n) is 4.06. The molecule has 2 atom stereocenters. The first-order chi connectivity index (χ1) is 19.2. The number of carboxylic acid groups (broad SMARTS) is 2. The summed E-state index contributed by atoms with van der Waals surface area (Å²) in [5.41, 5.74) is 6.77. The van der Waals surface area contributed by atoms with Gasteiger partial charge in [-0.2, -0.15) is 4.57 Å². The molecule has 3 aromatic rings. The zero-order chi connectivity index (χ0) is 28.6. The van der Waals surface area contributed by atoms with Gasteiger partial charge in [-0.1, -0.05) is 16.9 Å². The van der Waals surface area contributed by atoms with Crippen molar-refractivity contribution in [3.8, 4) is 0 Å². The second-order valence-electron chi connectivity index (χ2n) is 8.34. The summed E-state index contributed by atoms with van der Waals surface area (Å²) < 4.78 is 3.06. The molecule has 5 N–H and O–H groups in total. The van der Waals surface area contributed by atoms with Gasteiger partial charge in [0.15, 0.2) is 27.6 Å². The Bertz CT molecular complexity index is 1600. The average Bonchev–Trinajstić information content (AvgIpc) is 3.53. The van der Waals surface area contributed by atoms with Crippen LogP contribution in [0.5, 0.6) is 0 Å². The Morgan fingerprint density at radius 3 is 2.83 bits per heavy atom. The molecular formula is C22H20N7O7S4+. The number of nitrogen functional groups attached to an aromatic ring is 1. The van der Waals surface area contributed by atoms with Crippen molar-refractivity contribution in [2.45, 2.75) is 22.3 Å². The number of β-lactam (4-membered cyclic amide) rings is 1. The van der Waals surface area contributed by atoms with E-state index in [4.69, 9.17) is 15.7 Å². The summed E-state index contributed by atoms with van der Waals surface area (Å²) in [5.74, 6) is -2.84. The molecule has 1 unspecified atom stereocenters. The molecule has 0 aliphatic carbocycles. The van der Waals surface area contributed by atoms with Crippen molar-refractivity contribution in [1.82, 2.24) is 20.2 Å². The van der Waals surface area contributed by atoms with Gasteiger partial charge in [-0.15, -0.1) is 34.4 Å². The van der Waals surface area contributed by atoms with Crippen molar-refractivity contribution in [3.05, 3.63) is 40.8 Å². The lowest BCUT2D eigenvalue weighted by Crippen LogP contribution is -2.71. The molecule has 18 heteroatoms. The van der Waals surface area contributed by atoms with E-state index in [9.17, 15) is 24.3 Å². The number of aliphatic carboxylic acids is 2. The van der Waals surface area contributed by atoms with E-state index in [1.807, 2.05) is 0 Å². The number of pyridine rings is 1. The molecule has 3 aromatic heterocycles. The molecule has 0 saturated carbocycles. The first kappa shape index (κ1) is 27.8. The Morgan fingerprint density at radius 2 is 2.15 bits per heavy atom. The minimum atomic E-state index is -1.24. The third-order valence-electron chi connectivity index (χ3n) is 5.75. The van der Waals surface area contributed by atoms with Crippen LogP contribution in [0.3, 0.4) is 0 Å². The molecule has 40 heavy (non-hydrogen) atoms. The van der Waals surface area contributed by atoms with Crippen LogP contribution in [0.4, 0.5) is 5.13 Å². The Hall–Kier alpha value is -3.74. The second-order valence-corrected chi connectivity index (χ2v) is 12.6. The average molecular weight is 623 g/mol. The van der Waals surface area contributed by atoms with Crippen molar-refractivity contribution >= 4 is 91.0 Å². The number of oxime groups is 1. The van der Waals surface area contributed by atoms with E-state index in [0.717, 1.165) is 16.0 Å². The number of carbonyl (C=O) groups excluding carboxylic acids is 2. The standard InChI is InChI=1S/C22H19N7O7S4/c1-36-27-14(11-8-38-21(23)24-11)17(32)26-15-18(33)29-16(20(34)35)9(6-37-19(15)29)7-39-22-25-10-4-28(5-13(30)31)3-2-12(10)40-22/h2-4,8,15,19H,5-7H2,1H3,(H4-,23,24,26,30,31,32,34,35)/p+1/t15?,19-/m0/s1. The van der Waals surface area contributed by atoms with E-state index in [2.05, 4.69) is 20.4 Å². The maximum Gasteiger partial charge on any atom is 0.370 e. The number of nitrogens with one attached hydrogen (secondary N) is 1. The SMILES string of the molecule is CON=C(C(=O)NC1C(=O)N2C(C(=O)O)=C(CSc3nc4c[n+](CC(=O)O)ccc4s3)CS[C@@H]12)c1csc(N)n1. The normalized spacial score (nSPS) is 18.9. The quantitative estimate of drug-likeness (QED) is 0.0807. The minimum Gasteiger partial charge on any atom is -0.477 e. The molecular weight excluding hydrogens is 603 g/mol. The summed E-state index contributed by atoms with van der Waals surface area (Å²) >= 11 is 5.20. The number of nitrogens with two attached hydrogens (primary N) is 1. The molecule has 0 spiro atoms. The van der Waals surface area contributed by atoms with Crippen LogP contribution in [0.2, 0.25) is 0 Å². The molecule has 1 saturated heterocycles. The Morgan fingerprint density at radius 1 is 1.35 bits per heavy atom. The number of thiazole rings is 2. The van der Waals surface area contributed by atoms with Crippen LogP contribution in [-0.4, -0.2) is 84.6 Å². The highest BCUT2D eigenvalue weighted by Gasteiger charge is 2.54. The molecule has 14 nitrogen and oxygen atoms in total. The second kappa shape index (κ2) is 11.4. The summed E-state index contributed by atoms with van der Waals surface area (Å²) in [7, 11) is 1.27. The van der Waals surface area contributed by atoms with Gasteiger partial charge in [-0.3, -0.25) is 14.5 Å². The van der Waals surface area contributed by atoms with Gasteiger partial charge in [-0.05, 0) is 5.57 Å². The number of fused-ring (bicyclic) bond motifs is 2. The summed E-state index contributed by atoms with van der Waals surface area (Å²) in [6.07, 6.45) is 3.31. The van der Waals surface area contributed by atoms with Crippen molar-refractivity contribution in [3.63, 3.8) is 0 Å². The highest BCUT2D eigenvalue weighted by Crippen LogP contribution is 2.42. The third kappa shape index (κ3) is 5.47.